The molecule has 1 N–H and O–H groups in total. The highest BCUT2D eigenvalue weighted by Crippen LogP contribution is 2.22. The first kappa shape index (κ1) is 14.9. The Hall–Kier alpha value is -2.11. The van der Waals surface area contributed by atoms with Crippen LogP contribution >= 0.6 is 0 Å². The second-order valence-corrected chi connectivity index (χ2v) is 4.37. The highest BCUT2D eigenvalue weighted by Gasteiger charge is 2.11. The number of nitro benzene ring substituents is 1. The summed E-state index contributed by atoms with van der Waals surface area (Å²) in [6, 6.07) is 4.38. The van der Waals surface area contributed by atoms with Crippen LogP contribution in [0.2, 0.25) is 0 Å². The first-order chi connectivity index (χ1) is 8.93. The van der Waals surface area contributed by atoms with E-state index in [1.54, 1.807) is 6.92 Å². The minimum absolute atomic E-state index is 0.00825. The maximum Gasteiger partial charge on any atom is 0.269 e. The average Bonchev–Trinajstić information content (AvgIpc) is 2.36. The summed E-state index contributed by atoms with van der Waals surface area (Å²) in [7, 11) is 0. The molecular formula is C13H18N2O4. The third-order valence-electron chi connectivity index (χ3n) is 2.75. The van der Waals surface area contributed by atoms with Crippen molar-refractivity contribution in [2.24, 2.45) is 0 Å². The van der Waals surface area contributed by atoms with Gasteiger partial charge in [-0.05, 0) is 31.9 Å². The molecule has 0 aromatic heterocycles. The fourth-order valence-corrected chi connectivity index (χ4v) is 1.47. The maximum atomic E-state index is 11.5. The smallest absolute Gasteiger partial charge is 0.269 e. The number of hydrogen-bond acceptors (Lipinski definition) is 4. The Labute approximate surface area is 111 Å². The Morgan fingerprint density at radius 1 is 1.53 bits per heavy atom. The summed E-state index contributed by atoms with van der Waals surface area (Å²) in [4.78, 5) is 21.6. The summed E-state index contributed by atoms with van der Waals surface area (Å²) in [5.41, 5.74) is 0.638. The van der Waals surface area contributed by atoms with Crippen molar-refractivity contribution in [2.45, 2.75) is 33.2 Å². The standard InChI is InChI=1S/C13H18N2O4/c1-4-10(3)14-13(16)8-19-12-6-5-11(15(17)18)7-9(12)2/h5-7,10H,4,8H2,1-3H3,(H,14,16). The molecule has 1 aromatic rings. The van der Waals surface area contributed by atoms with Gasteiger partial charge in [0.25, 0.3) is 11.6 Å². The van der Waals surface area contributed by atoms with Gasteiger partial charge in [-0.3, -0.25) is 14.9 Å². The molecule has 0 radical (unpaired) electrons. The summed E-state index contributed by atoms with van der Waals surface area (Å²) < 4.78 is 5.34. The van der Waals surface area contributed by atoms with Crippen LogP contribution in [0.1, 0.15) is 25.8 Å². The van der Waals surface area contributed by atoms with Crippen molar-refractivity contribution in [1.29, 1.82) is 0 Å². The monoisotopic (exact) mass is 266 g/mol. The molecule has 1 atom stereocenters. The summed E-state index contributed by atoms with van der Waals surface area (Å²) in [6.45, 7) is 5.50. The third-order valence-corrected chi connectivity index (χ3v) is 2.75. The van der Waals surface area contributed by atoms with E-state index in [1.165, 1.54) is 18.2 Å². The van der Waals surface area contributed by atoms with Crippen molar-refractivity contribution in [1.82, 2.24) is 5.32 Å². The highest BCUT2D eigenvalue weighted by molar-refractivity contribution is 5.77. The molecule has 0 bridgehead atoms. The van der Waals surface area contributed by atoms with Crippen LogP contribution in [0, 0.1) is 17.0 Å². The Morgan fingerprint density at radius 3 is 2.74 bits per heavy atom. The second-order valence-electron chi connectivity index (χ2n) is 4.37. The van der Waals surface area contributed by atoms with Gasteiger partial charge in [-0.15, -0.1) is 0 Å². The maximum absolute atomic E-state index is 11.5. The Balaban J connectivity index is 2.59. The number of carbonyl (C=O) groups excluding carboxylic acids is 1. The van der Waals surface area contributed by atoms with Gasteiger partial charge in [-0.2, -0.15) is 0 Å². The predicted octanol–water partition coefficient (Wildman–Crippen LogP) is 2.20. The summed E-state index contributed by atoms with van der Waals surface area (Å²) in [5, 5.41) is 13.4. The number of benzene rings is 1. The van der Waals surface area contributed by atoms with Gasteiger partial charge < -0.3 is 10.1 Å². The largest absolute Gasteiger partial charge is 0.484 e. The number of hydrogen-bond donors (Lipinski definition) is 1. The Morgan fingerprint density at radius 2 is 2.21 bits per heavy atom. The Kier molecular flexibility index (Phi) is 5.29. The minimum Gasteiger partial charge on any atom is -0.484 e. The van der Waals surface area contributed by atoms with Gasteiger partial charge in [-0.1, -0.05) is 6.92 Å². The molecular weight excluding hydrogens is 248 g/mol. The fraction of sp³-hybridized carbons (Fsp3) is 0.462. The van der Waals surface area contributed by atoms with Gasteiger partial charge in [0, 0.05) is 18.2 Å². The van der Waals surface area contributed by atoms with E-state index < -0.39 is 4.92 Å². The molecule has 0 saturated heterocycles. The molecule has 0 aliphatic heterocycles. The number of aryl methyl sites for hydroxylation is 1. The van der Waals surface area contributed by atoms with Crippen LogP contribution in [0.5, 0.6) is 5.75 Å². The van der Waals surface area contributed by atoms with E-state index in [9.17, 15) is 14.9 Å². The van der Waals surface area contributed by atoms with Crippen LogP contribution < -0.4 is 10.1 Å². The van der Waals surface area contributed by atoms with Crippen LogP contribution in [-0.2, 0) is 4.79 Å². The molecule has 1 rings (SSSR count). The van der Waals surface area contributed by atoms with Crippen LogP contribution in [0.4, 0.5) is 5.69 Å². The van der Waals surface area contributed by atoms with Crippen molar-refractivity contribution in [3.63, 3.8) is 0 Å². The lowest BCUT2D eigenvalue weighted by atomic mass is 10.2. The normalized spacial score (nSPS) is 11.7. The zero-order valence-corrected chi connectivity index (χ0v) is 11.3. The number of nitro groups is 1. The third kappa shape index (κ3) is 4.57. The van der Waals surface area contributed by atoms with Crippen molar-refractivity contribution < 1.29 is 14.5 Å². The topological polar surface area (TPSA) is 81.5 Å². The molecule has 0 fully saturated rings. The number of carbonyl (C=O) groups is 1. The second kappa shape index (κ2) is 6.72. The van der Waals surface area contributed by atoms with E-state index >= 15 is 0 Å². The SMILES string of the molecule is CCC(C)NC(=O)COc1ccc([N+](=O)[O-])cc1C. The zero-order chi connectivity index (χ0) is 14.4. The number of ether oxygens (including phenoxy) is 1. The average molecular weight is 266 g/mol. The Bertz CT molecular complexity index is 474. The summed E-state index contributed by atoms with van der Waals surface area (Å²) in [6.07, 6.45) is 0.850. The van der Waals surface area contributed by atoms with E-state index in [1.807, 2.05) is 13.8 Å². The van der Waals surface area contributed by atoms with Crippen LogP contribution in [0.3, 0.4) is 0 Å². The lowest BCUT2D eigenvalue weighted by molar-refractivity contribution is -0.384. The van der Waals surface area contributed by atoms with Crippen molar-refractivity contribution in [2.75, 3.05) is 6.61 Å². The number of nitrogens with zero attached hydrogens (tertiary/aromatic N) is 1. The minimum atomic E-state index is -0.466. The van der Waals surface area contributed by atoms with Gasteiger partial charge in [0.2, 0.25) is 0 Å². The fourth-order valence-electron chi connectivity index (χ4n) is 1.47. The van der Waals surface area contributed by atoms with Gasteiger partial charge in [0.05, 0.1) is 4.92 Å². The van der Waals surface area contributed by atoms with Crippen molar-refractivity contribution in [3.05, 3.63) is 33.9 Å². The van der Waals surface area contributed by atoms with Crippen molar-refractivity contribution in [3.8, 4) is 5.75 Å². The van der Waals surface area contributed by atoms with Gasteiger partial charge in [-0.25, -0.2) is 0 Å². The number of non-ortho nitro benzene ring substituents is 1. The molecule has 104 valence electrons. The predicted molar refractivity (Wildman–Crippen MR) is 71.2 cm³/mol. The lowest BCUT2D eigenvalue weighted by Crippen LogP contribution is -2.35. The quantitative estimate of drug-likeness (QED) is 0.632. The molecule has 6 heteroatoms. The number of rotatable bonds is 6. The number of nitrogens with one attached hydrogen (secondary N) is 1. The molecule has 19 heavy (non-hydrogen) atoms. The molecule has 0 aliphatic rings. The number of amides is 1. The van der Waals surface area contributed by atoms with Crippen LogP contribution in [0.15, 0.2) is 18.2 Å². The molecule has 0 heterocycles. The van der Waals surface area contributed by atoms with Gasteiger partial charge >= 0.3 is 0 Å². The summed E-state index contributed by atoms with van der Waals surface area (Å²) >= 11 is 0. The molecule has 0 aliphatic carbocycles. The van der Waals surface area contributed by atoms with Crippen LogP contribution in [0.25, 0.3) is 0 Å². The molecule has 0 saturated carbocycles. The molecule has 1 amide bonds. The lowest BCUT2D eigenvalue weighted by Gasteiger charge is -2.12. The van der Waals surface area contributed by atoms with E-state index in [0.29, 0.717) is 11.3 Å². The molecule has 6 nitrogen and oxygen atoms in total. The zero-order valence-electron chi connectivity index (χ0n) is 11.3. The van der Waals surface area contributed by atoms with E-state index in [2.05, 4.69) is 5.32 Å². The van der Waals surface area contributed by atoms with Gasteiger partial charge in [0.15, 0.2) is 6.61 Å². The highest BCUT2D eigenvalue weighted by atomic mass is 16.6. The molecule has 0 spiro atoms. The van der Waals surface area contributed by atoms with Crippen molar-refractivity contribution >= 4 is 11.6 Å². The van der Waals surface area contributed by atoms with Crippen LogP contribution in [-0.4, -0.2) is 23.5 Å². The molecule has 1 unspecified atom stereocenters. The van der Waals surface area contributed by atoms with E-state index in [4.69, 9.17) is 4.74 Å². The van der Waals surface area contributed by atoms with Gasteiger partial charge in [0.1, 0.15) is 5.75 Å². The first-order valence-corrected chi connectivity index (χ1v) is 6.11. The summed E-state index contributed by atoms with van der Waals surface area (Å²) in [5.74, 6) is 0.275. The first-order valence-electron chi connectivity index (χ1n) is 6.11. The molecule has 1 aromatic carbocycles. The van der Waals surface area contributed by atoms with E-state index in [0.717, 1.165) is 6.42 Å². The van der Waals surface area contributed by atoms with E-state index in [-0.39, 0.29) is 24.2 Å².